The third-order valence-electron chi connectivity index (χ3n) is 9.42. The maximum Gasteiger partial charge on any atom is 0.303 e. The number of Topliss-reactive ketones (excluding diaryl/α,β-unsaturated/α-hetero) is 1. The second-order valence-corrected chi connectivity index (χ2v) is 10.8. The van der Waals surface area contributed by atoms with E-state index in [9.17, 15) is 14.7 Å². The molecule has 34 heavy (non-hydrogen) atoms. The molecule has 5 rings (SSSR count). The summed E-state index contributed by atoms with van der Waals surface area (Å²) < 4.78 is 6.16. The second kappa shape index (κ2) is 9.20. The van der Waals surface area contributed by atoms with E-state index >= 15 is 0 Å². The SMILES string of the molecule is CC[C@]12CC[C@@H]3c4cc(C(C)=O)c(OCc5ccccc5)cc4CC[C@H]3[C@@H]1CC[C@@H]2CC(=O)O. The highest BCUT2D eigenvalue weighted by molar-refractivity contribution is 5.97. The highest BCUT2D eigenvalue weighted by Crippen LogP contribution is 2.65. The minimum absolute atomic E-state index is 0.0501. The summed E-state index contributed by atoms with van der Waals surface area (Å²) in [7, 11) is 0. The Morgan fingerprint density at radius 1 is 1.09 bits per heavy atom. The number of hydrogen-bond acceptors (Lipinski definition) is 3. The Bertz CT molecular complexity index is 1070. The predicted molar refractivity (Wildman–Crippen MR) is 132 cm³/mol. The first-order valence-corrected chi connectivity index (χ1v) is 13.0. The summed E-state index contributed by atoms with van der Waals surface area (Å²) in [5.41, 5.74) is 4.64. The number of hydrogen-bond donors (Lipinski definition) is 1. The van der Waals surface area contributed by atoms with Crippen molar-refractivity contribution >= 4 is 11.8 Å². The topological polar surface area (TPSA) is 63.6 Å². The number of carboxylic acids is 1. The van der Waals surface area contributed by atoms with Crippen molar-refractivity contribution in [3.63, 3.8) is 0 Å². The average Bonchev–Trinajstić information content (AvgIpc) is 3.20. The molecule has 2 saturated carbocycles. The summed E-state index contributed by atoms with van der Waals surface area (Å²) in [5.74, 6) is 2.08. The molecule has 3 aliphatic rings. The van der Waals surface area contributed by atoms with Gasteiger partial charge in [-0.05, 0) is 110 Å². The van der Waals surface area contributed by atoms with E-state index in [-0.39, 0.29) is 11.2 Å². The van der Waals surface area contributed by atoms with Gasteiger partial charge in [-0.15, -0.1) is 0 Å². The van der Waals surface area contributed by atoms with Crippen LogP contribution in [0.5, 0.6) is 5.75 Å². The lowest BCUT2D eigenvalue weighted by Crippen LogP contribution is -2.44. The number of carbonyl (C=O) groups excluding carboxylic acids is 1. The van der Waals surface area contributed by atoms with E-state index in [0.717, 1.165) is 50.5 Å². The van der Waals surface area contributed by atoms with Gasteiger partial charge in [0, 0.05) is 6.42 Å². The molecule has 0 aromatic heterocycles. The van der Waals surface area contributed by atoms with Crippen LogP contribution in [0.2, 0.25) is 0 Å². The van der Waals surface area contributed by atoms with Crippen LogP contribution in [0.1, 0.15) is 91.8 Å². The monoisotopic (exact) mass is 460 g/mol. The van der Waals surface area contributed by atoms with Gasteiger partial charge in [-0.1, -0.05) is 37.3 Å². The van der Waals surface area contributed by atoms with Crippen LogP contribution in [-0.2, 0) is 17.8 Å². The van der Waals surface area contributed by atoms with E-state index in [4.69, 9.17) is 4.74 Å². The number of aliphatic carboxylic acids is 1. The maximum atomic E-state index is 12.6. The number of benzene rings is 2. The fourth-order valence-corrected chi connectivity index (χ4v) is 7.89. The highest BCUT2D eigenvalue weighted by atomic mass is 16.5. The Morgan fingerprint density at radius 2 is 1.88 bits per heavy atom. The summed E-state index contributed by atoms with van der Waals surface area (Å²) in [4.78, 5) is 24.2. The van der Waals surface area contributed by atoms with E-state index in [0.29, 0.717) is 48.0 Å². The molecule has 0 bridgehead atoms. The van der Waals surface area contributed by atoms with E-state index in [2.05, 4.69) is 19.1 Å². The van der Waals surface area contributed by atoms with Gasteiger partial charge >= 0.3 is 5.97 Å². The van der Waals surface area contributed by atoms with Gasteiger partial charge in [0.1, 0.15) is 12.4 Å². The van der Waals surface area contributed by atoms with Crippen molar-refractivity contribution in [2.75, 3.05) is 0 Å². The average molecular weight is 461 g/mol. The van der Waals surface area contributed by atoms with Crippen LogP contribution in [0.3, 0.4) is 0 Å². The molecule has 180 valence electrons. The molecular weight excluding hydrogens is 424 g/mol. The van der Waals surface area contributed by atoms with Crippen molar-refractivity contribution in [3.8, 4) is 5.75 Å². The number of carbonyl (C=O) groups is 2. The first kappa shape index (κ1) is 23.1. The number of carboxylic acid groups (broad SMARTS) is 1. The van der Waals surface area contributed by atoms with Crippen molar-refractivity contribution in [1.82, 2.24) is 0 Å². The third-order valence-corrected chi connectivity index (χ3v) is 9.42. The molecule has 0 amide bonds. The molecule has 2 fully saturated rings. The van der Waals surface area contributed by atoms with Gasteiger partial charge in [0.2, 0.25) is 0 Å². The van der Waals surface area contributed by atoms with Crippen molar-refractivity contribution in [1.29, 1.82) is 0 Å². The second-order valence-electron chi connectivity index (χ2n) is 10.8. The van der Waals surface area contributed by atoms with Crippen molar-refractivity contribution in [3.05, 3.63) is 64.7 Å². The molecule has 4 nitrogen and oxygen atoms in total. The largest absolute Gasteiger partial charge is 0.488 e. The normalized spacial score (nSPS) is 29.6. The predicted octanol–water partition coefficient (Wildman–Crippen LogP) is 6.81. The van der Waals surface area contributed by atoms with Crippen LogP contribution in [0.4, 0.5) is 0 Å². The molecular formula is C30H36O4. The van der Waals surface area contributed by atoms with Crippen LogP contribution in [0.25, 0.3) is 0 Å². The van der Waals surface area contributed by atoms with Crippen molar-refractivity contribution < 1.29 is 19.4 Å². The lowest BCUT2D eigenvalue weighted by molar-refractivity contribution is -0.139. The van der Waals surface area contributed by atoms with E-state index in [1.165, 1.54) is 11.1 Å². The molecule has 0 spiro atoms. The van der Waals surface area contributed by atoms with Crippen LogP contribution < -0.4 is 4.74 Å². The van der Waals surface area contributed by atoms with Gasteiger partial charge in [0.05, 0.1) is 5.56 Å². The fourth-order valence-electron chi connectivity index (χ4n) is 7.89. The van der Waals surface area contributed by atoms with Gasteiger partial charge in [0.15, 0.2) is 5.78 Å². The van der Waals surface area contributed by atoms with Crippen molar-refractivity contribution in [2.24, 2.45) is 23.2 Å². The summed E-state index contributed by atoms with van der Waals surface area (Å²) in [6.45, 7) is 4.36. The molecule has 0 aliphatic heterocycles. The summed E-state index contributed by atoms with van der Waals surface area (Å²) in [5, 5.41) is 9.52. The Balaban J connectivity index is 1.43. The Labute approximate surface area is 202 Å². The third kappa shape index (κ3) is 3.95. The number of aryl methyl sites for hydroxylation is 1. The molecule has 1 N–H and O–H groups in total. The lowest BCUT2D eigenvalue weighted by atomic mass is 9.52. The van der Waals surface area contributed by atoms with Gasteiger partial charge < -0.3 is 9.84 Å². The fraction of sp³-hybridized carbons (Fsp3) is 0.533. The molecule has 0 radical (unpaired) electrons. The Hall–Kier alpha value is -2.62. The number of rotatable bonds is 7. The van der Waals surface area contributed by atoms with Gasteiger partial charge in [-0.3, -0.25) is 9.59 Å². The molecule has 0 unspecified atom stereocenters. The minimum atomic E-state index is -0.649. The molecule has 4 heteroatoms. The summed E-state index contributed by atoms with van der Waals surface area (Å²) >= 11 is 0. The van der Waals surface area contributed by atoms with Crippen LogP contribution in [0, 0.1) is 23.2 Å². The maximum absolute atomic E-state index is 12.6. The lowest BCUT2D eigenvalue weighted by Gasteiger charge is -2.52. The van der Waals surface area contributed by atoms with Crippen LogP contribution in [0.15, 0.2) is 42.5 Å². The molecule has 0 saturated heterocycles. The Kier molecular flexibility index (Phi) is 6.26. The first-order chi connectivity index (χ1) is 16.4. The number of ether oxygens (including phenoxy) is 1. The molecule has 2 aromatic rings. The smallest absolute Gasteiger partial charge is 0.303 e. The zero-order valence-corrected chi connectivity index (χ0v) is 20.4. The van der Waals surface area contributed by atoms with E-state index in [1.807, 2.05) is 30.3 Å². The molecule has 5 atom stereocenters. The van der Waals surface area contributed by atoms with Crippen LogP contribution >= 0.6 is 0 Å². The quantitative estimate of drug-likeness (QED) is 0.461. The molecule has 3 aliphatic carbocycles. The zero-order chi connectivity index (χ0) is 23.9. The standard InChI is InChI=1S/C30H36O4/c1-3-30-14-13-23-24(27(30)12-10-22(30)16-29(32)33)11-9-21-15-28(25(19(2)31)17-26(21)23)34-18-20-7-5-4-6-8-20/h4-8,15,17,22-24,27H,3,9-14,16,18H2,1-2H3,(H,32,33)/t22-,23+,24-,27+,30-/m1/s1. The van der Waals surface area contributed by atoms with Crippen LogP contribution in [-0.4, -0.2) is 16.9 Å². The molecule has 2 aromatic carbocycles. The first-order valence-electron chi connectivity index (χ1n) is 13.0. The minimum Gasteiger partial charge on any atom is -0.488 e. The van der Waals surface area contributed by atoms with Gasteiger partial charge in [0.25, 0.3) is 0 Å². The summed E-state index contributed by atoms with van der Waals surface area (Å²) in [6.07, 6.45) is 7.96. The van der Waals surface area contributed by atoms with Gasteiger partial charge in [-0.2, -0.15) is 0 Å². The highest BCUT2D eigenvalue weighted by Gasteiger charge is 2.56. The zero-order valence-electron chi connectivity index (χ0n) is 20.4. The number of fused-ring (bicyclic) bond motifs is 5. The number of ketones is 1. The van der Waals surface area contributed by atoms with Crippen molar-refractivity contribution in [2.45, 2.75) is 77.7 Å². The van der Waals surface area contributed by atoms with E-state index in [1.54, 1.807) is 6.92 Å². The van der Waals surface area contributed by atoms with Gasteiger partial charge in [-0.25, -0.2) is 0 Å². The molecule has 0 heterocycles. The summed E-state index contributed by atoms with van der Waals surface area (Å²) in [6, 6.07) is 14.3. The van der Waals surface area contributed by atoms with E-state index < -0.39 is 5.97 Å². The Morgan fingerprint density at radius 3 is 2.59 bits per heavy atom.